The van der Waals surface area contributed by atoms with Crippen molar-refractivity contribution >= 4 is 17.5 Å². The van der Waals surface area contributed by atoms with Gasteiger partial charge in [-0.15, -0.1) is 11.6 Å². The molecular weight excluding hydrogens is 297 g/mol. The van der Waals surface area contributed by atoms with Gasteiger partial charge in [-0.3, -0.25) is 4.79 Å². The lowest BCUT2D eigenvalue weighted by molar-refractivity contribution is 0.0152. The van der Waals surface area contributed by atoms with E-state index in [1.807, 2.05) is 0 Å². The van der Waals surface area contributed by atoms with Crippen molar-refractivity contribution in [3.8, 4) is 5.75 Å². The van der Waals surface area contributed by atoms with Gasteiger partial charge in [-0.25, -0.2) is 4.39 Å². The van der Waals surface area contributed by atoms with Crippen molar-refractivity contribution in [2.75, 3.05) is 32.7 Å². The number of rotatable bonds is 5. The zero-order valence-electron chi connectivity index (χ0n) is 12.0. The third-order valence-corrected chi connectivity index (χ3v) is 3.72. The number of nitrogens with zero attached hydrogens (tertiary/aromatic N) is 1. The summed E-state index contributed by atoms with van der Waals surface area (Å²) in [7, 11) is 1.43. The Kier molecular flexibility index (Phi) is 5.82. The van der Waals surface area contributed by atoms with Crippen LogP contribution in [0.2, 0.25) is 0 Å². The molecule has 116 valence electrons. The number of amides is 1. The number of alkyl halides is 1. The molecule has 4 nitrogen and oxygen atoms in total. The number of hydrogen-bond acceptors (Lipinski definition) is 3. The summed E-state index contributed by atoms with van der Waals surface area (Å²) in [4.78, 5) is 14.1. The lowest BCUT2D eigenvalue weighted by atomic mass is 10.1. The van der Waals surface area contributed by atoms with Gasteiger partial charge in [0.2, 0.25) is 0 Å². The van der Waals surface area contributed by atoms with Crippen molar-refractivity contribution < 1.29 is 18.7 Å². The molecule has 0 aliphatic carbocycles. The number of carbonyl (C=O) groups is 1. The molecule has 0 radical (unpaired) electrons. The Morgan fingerprint density at radius 3 is 2.76 bits per heavy atom. The van der Waals surface area contributed by atoms with E-state index in [4.69, 9.17) is 21.1 Å². The van der Waals surface area contributed by atoms with Crippen molar-refractivity contribution in [2.24, 2.45) is 0 Å². The van der Waals surface area contributed by atoms with E-state index in [1.54, 1.807) is 11.0 Å². The summed E-state index contributed by atoms with van der Waals surface area (Å²) < 4.78 is 24.6. The largest absolute Gasteiger partial charge is 0.496 e. The Balaban J connectivity index is 2.02. The minimum atomic E-state index is -0.556. The van der Waals surface area contributed by atoms with Gasteiger partial charge in [0.05, 0.1) is 19.8 Å². The Hall–Kier alpha value is -1.33. The Morgan fingerprint density at radius 1 is 1.43 bits per heavy atom. The quantitative estimate of drug-likeness (QED) is 0.784. The second-order valence-electron chi connectivity index (χ2n) is 4.87. The van der Waals surface area contributed by atoms with Gasteiger partial charge in [-0.1, -0.05) is 6.07 Å². The highest BCUT2D eigenvalue weighted by Gasteiger charge is 2.27. The molecule has 1 amide bonds. The lowest BCUT2D eigenvalue weighted by Crippen LogP contribution is -2.41. The van der Waals surface area contributed by atoms with Crippen LogP contribution in [0.4, 0.5) is 4.39 Å². The highest BCUT2D eigenvalue weighted by Crippen LogP contribution is 2.25. The van der Waals surface area contributed by atoms with E-state index in [2.05, 4.69) is 0 Å². The maximum atomic E-state index is 13.9. The van der Waals surface area contributed by atoms with E-state index in [-0.39, 0.29) is 23.3 Å². The first-order valence-corrected chi connectivity index (χ1v) is 7.50. The van der Waals surface area contributed by atoms with Crippen LogP contribution in [0.5, 0.6) is 5.75 Å². The number of likely N-dealkylation sites (tertiary alicyclic amines) is 1. The second kappa shape index (κ2) is 7.61. The normalized spacial score (nSPS) is 16.0. The first kappa shape index (κ1) is 16.0. The third kappa shape index (κ3) is 3.86. The van der Waals surface area contributed by atoms with E-state index >= 15 is 0 Å². The first-order chi connectivity index (χ1) is 10.2. The molecule has 0 atom stereocenters. The summed E-state index contributed by atoms with van der Waals surface area (Å²) in [5.74, 6) is -0.160. The fraction of sp³-hybridized carbons (Fsp3) is 0.533. The van der Waals surface area contributed by atoms with Crippen molar-refractivity contribution in [3.63, 3.8) is 0 Å². The Bertz CT molecular complexity index is 490. The van der Waals surface area contributed by atoms with Gasteiger partial charge in [-0.05, 0) is 25.0 Å². The number of methoxy groups -OCH3 is 1. The molecule has 1 fully saturated rings. The molecule has 2 rings (SSSR count). The van der Waals surface area contributed by atoms with Gasteiger partial charge in [0.1, 0.15) is 17.1 Å². The van der Waals surface area contributed by atoms with E-state index in [0.29, 0.717) is 25.6 Å². The lowest BCUT2D eigenvalue weighted by Gasteiger charge is -2.32. The van der Waals surface area contributed by atoms with Gasteiger partial charge >= 0.3 is 0 Å². The van der Waals surface area contributed by atoms with Crippen LogP contribution in [0.25, 0.3) is 0 Å². The van der Waals surface area contributed by atoms with Crippen molar-refractivity contribution in [1.82, 2.24) is 4.90 Å². The second-order valence-corrected chi connectivity index (χ2v) is 5.25. The van der Waals surface area contributed by atoms with E-state index in [0.717, 1.165) is 12.8 Å². The fourth-order valence-electron chi connectivity index (χ4n) is 2.48. The predicted octanol–water partition coefficient (Wildman–Crippen LogP) is 2.69. The van der Waals surface area contributed by atoms with Crippen LogP contribution in [-0.4, -0.2) is 49.6 Å². The van der Waals surface area contributed by atoms with Crippen molar-refractivity contribution in [1.29, 1.82) is 0 Å². The molecule has 1 aromatic rings. The van der Waals surface area contributed by atoms with Crippen LogP contribution >= 0.6 is 11.6 Å². The zero-order chi connectivity index (χ0) is 15.2. The van der Waals surface area contributed by atoms with Crippen LogP contribution in [0.15, 0.2) is 18.2 Å². The van der Waals surface area contributed by atoms with Crippen LogP contribution < -0.4 is 4.74 Å². The van der Waals surface area contributed by atoms with Gasteiger partial charge in [0.15, 0.2) is 0 Å². The maximum absolute atomic E-state index is 13.9. The summed E-state index contributed by atoms with van der Waals surface area (Å²) in [5, 5.41) is 0. The maximum Gasteiger partial charge on any atom is 0.260 e. The van der Waals surface area contributed by atoms with Crippen LogP contribution in [-0.2, 0) is 4.74 Å². The summed E-state index contributed by atoms with van der Waals surface area (Å²) in [6.45, 7) is 1.61. The summed E-state index contributed by atoms with van der Waals surface area (Å²) in [6, 6.07) is 4.38. The van der Waals surface area contributed by atoms with Crippen LogP contribution in [0, 0.1) is 5.82 Å². The zero-order valence-corrected chi connectivity index (χ0v) is 12.7. The van der Waals surface area contributed by atoms with Gasteiger partial charge < -0.3 is 14.4 Å². The molecule has 6 heteroatoms. The first-order valence-electron chi connectivity index (χ1n) is 6.96. The average Bonchev–Trinajstić information content (AvgIpc) is 2.52. The number of ether oxygens (including phenoxy) is 2. The molecule has 0 aromatic heterocycles. The monoisotopic (exact) mass is 315 g/mol. The molecule has 1 aliphatic heterocycles. The van der Waals surface area contributed by atoms with E-state index < -0.39 is 5.82 Å². The van der Waals surface area contributed by atoms with Gasteiger partial charge in [0.25, 0.3) is 5.91 Å². The van der Waals surface area contributed by atoms with Crippen molar-refractivity contribution in [2.45, 2.75) is 18.9 Å². The van der Waals surface area contributed by atoms with Gasteiger partial charge in [-0.2, -0.15) is 0 Å². The summed E-state index contributed by atoms with van der Waals surface area (Å²) in [6.07, 6.45) is 1.59. The number of benzene rings is 1. The standard InChI is InChI=1S/C15H19ClFNO3/c1-20-13-4-2-3-12(17)14(13)15(19)18-8-5-11(6-9-18)21-10-7-16/h2-4,11H,5-10H2,1H3. The molecule has 1 heterocycles. The highest BCUT2D eigenvalue weighted by molar-refractivity contribution is 6.17. The predicted molar refractivity (Wildman–Crippen MR) is 78.5 cm³/mol. The Labute approximate surface area is 128 Å². The SMILES string of the molecule is COc1cccc(F)c1C(=O)N1CCC(OCCCl)CC1. The fourth-order valence-corrected chi connectivity index (χ4v) is 2.57. The summed E-state index contributed by atoms with van der Waals surface area (Å²) in [5.41, 5.74) is 0.000117. The molecule has 21 heavy (non-hydrogen) atoms. The topological polar surface area (TPSA) is 38.8 Å². The molecule has 0 unspecified atom stereocenters. The molecular formula is C15H19ClFNO3. The molecule has 0 saturated carbocycles. The van der Waals surface area contributed by atoms with E-state index in [9.17, 15) is 9.18 Å². The number of piperidine rings is 1. The number of hydrogen-bond donors (Lipinski definition) is 0. The average molecular weight is 316 g/mol. The van der Waals surface area contributed by atoms with Crippen LogP contribution in [0.3, 0.4) is 0 Å². The number of carbonyl (C=O) groups excluding carboxylic acids is 1. The summed E-state index contributed by atoms with van der Waals surface area (Å²) >= 11 is 5.59. The highest BCUT2D eigenvalue weighted by atomic mass is 35.5. The van der Waals surface area contributed by atoms with Crippen LogP contribution in [0.1, 0.15) is 23.2 Å². The van der Waals surface area contributed by atoms with Crippen molar-refractivity contribution in [3.05, 3.63) is 29.6 Å². The number of halogens is 2. The molecule has 0 spiro atoms. The molecule has 0 bridgehead atoms. The smallest absolute Gasteiger partial charge is 0.260 e. The molecule has 1 aromatic carbocycles. The molecule has 1 aliphatic rings. The van der Waals surface area contributed by atoms with Gasteiger partial charge in [0, 0.05) is 19.0 Å². The van der Waals surface area contributed by atoms with E-state index in [1.165, 1.54) is 19.2 Å². The molecule has 0 N–H and O–H groups in total. The molecule has 1 saturated heterocycles. The third-order valence-electron chi connectivity index (χ3n) is 3.57. The minimum Gasteiger partial charge on any atom is -0.496 e. The Morgan fingerprint density at radius 2 is 2.14 bits per heavy atom. The minimum absolute atomic E-state index is 0.000117.